The quantitative estimate of drug-likeness (QED) is 0.738. The second kappa shape index (κ2) is 5.71. The number of nitrogens with zero attached hydrogens (tertiary/aromatic N) is 2. The van der Waals surface area contributed by atoms with Crippen molar-refractivity contribution in [3.05, 3.63) is 75.8 Å². The molecule has 0 spiro atoms. The van der Waals surface area contributed by atoms with Crippen molar-refractivity contribution in [3.8, 4) is 11.6 Å². The smallest absolute Gasteiger partial charge is 0.350 e. The summed E-state index contributed by atoms with van der Waals surface area (Å²) >= 11 is 3.22. The SMILES string of the molecule is O=c1n(-c2ccccc2)cc(O)n1S(=O)(=O)c1ccc(Br)cc1. The molecule has 1 heterocycles. The predicted octanol–water partition coefficient (Wildman–Crippen LogP) is 2.34. The van der Waals surface area contributed by atoms with E-state index in [0.29, 0.717) is 14.1 Å². The molecule has 0 radical (unpaired) electrons. The summed E-state index contributed by atoms with van der Waals surface area (Å²) in [4.78, 5) is 12.4. The van der Waals surface area contributed by atoms with Crippen LogP contribution in [0.25, 0.3) is 5.69 Å². The van der Waals surface area contributed by atoms with E-state index in [2.05, 4.69) is 15.9 Å². The van der Waals surface area contributed by atoms with Crippen LogP contribution in [0.3, 0.4) is 0 Å². The van der Waals surface area contributed by atoms with E-state index >= 15 is 0 Å². The fraction of sp³-hybridized carbons (Fsp3) is 0. The maximum atomic E-state index is 12.6. The van der Waals surface area contributed by atoms with E-state index < -0.39 is 21.6 Å². The van der Waals surface area contributed by atoms with Crippen molar-refractivity contribution in [2.45, 2.75) is 4.90 Å². The first-order valence-corrected chi connectivity index (χ1v) is 8.74. The Hall–Kier alpha value is -2.32. The fourth-order valence-corrected chi connectivity index (χ4v) is 3.67. The van der Waals surface area contributed by atoms with Crippen molar-refractivity contribution < 1.29 is 13.5 Å². The Kier molecular flexibility index (Phi) is 3.87. The number of aromatic hydroxyl groups is 1. The Morgan fingerprint density at radius 2 is 1.57 bits per heavy atom. The van der Waals surface area contributed by atoms with Crippen molar-refractivity contribution in [1.29, 1.82) is 0 Å². The fourth-order valence-electron chi connectivity index (χ4n) is 2.13. The topological polar surface area (TPSA) is 81.3 Å². The van der Waals surface area contributed by atoms with Gasteiger partial charge in [0.2, 0.25) is 5.88 Å². The summed E-state index contributed by atoms with van der Waals surface area (Å²) in [5, 5.41) is 9.98. The van der Waals surface area contributed by atoms with Gasteiger partial charge in [-0.15, -0.1) is 3.97 Å². The van der Waals surface area contributed by atoms with Crippen LogP contribution >= 0.6 is 15.9 Å². The van der Waals surface area contributed by atoms with Crippen LogP contribution in [0.2, 0.25) is 0 Å². The van der Waals surface area contributed by atoms with Crippen molar-refractivity contribution in [2.75, 3.05) is 0 Å². The first kappa shape index (κ1) is 15.6. The van der Waals surface area contributed by atoms with E-state index in [9.17, 15) is 18.3 Å². The van der Waals surface area contributed by atoms with E-state index in [1.54, 1.807) is 42.5 Å². The third-order valence-electron chi connectivity index (χ3n) is 3.22. The molecule has 0 atom stereocenters. The minimum absolute atomic E-state index is 0.0936. The Morgan fingerprint density at radius 3 is 2.17 bits per heavy atom. The molecule has 0 bridgehead atoms. The van der Waals surface area contributed by atoms with Gasteiger partial charge in [-0.1, -0.05) is 34.1 Å². The maximum Gasteiger partial charge on any atom is 0.350 e. The summed E-state index contributed by atoms with van der Waals surface area (Å²) in [6, 6.07) is 14.3. The molecule has 0 aliphatic heterocycles. The zero-order chi connectivity index (χ0) is 16.6. The highest BCUT2D eigenvalue weighted by atomic mass is 79.9. The average Bonchev–Trinajstić information content (AvgIpc) is 2.84. The summed E-state index contributed by atoms with van der Waals surface area (Å²) < 4.78 is 27.4. The summed E-state index contributed by atoms with van der Waals surface area (Å²) in [5.74, 6) is -0.651. The van der Waals surface area contributed by atoms with Gasteiger partial charge in [-0.3, -0.25) is 4.57 Å². The number of halogens is 1. The number of imidazole rings is 1. The summed E-state index contributed by atoms with van der Waals surface area (Å²) in [6.07, 6.45) is 1.08. The van der Waals surface area contributed by atoms with Crippen molar-refractivity contribution >= 4 is 26.0 Å². The number of aromatic nitrogens is 2. The van der Waals surface area contributed by atoms with Crippen LogP contribution in [0.15, 0.2) is 75.0 Å². The van der Waals surface area contributed by atoms with Crippen LogP contribution < -0.4 is 5.69 Å². The van der Waals surface area contributed by atoms with E-state index in [4.69, 9.17) is 0 Å². The standard InChI is InChI=1S/C15H11BrN2O4S/c16-11-6-8-13(9-7-11)23(21,22)18-14(19)10-17(15(18)20)12-4-2-1-3-5-12/h1-10,19H. The molecule has 2 aromatic carbocycles. The zero-order valence-corrected chi connectivity index (χ0v) is 14.0. The molecule has 0 saturated carbocycles. The second-order valence-electron chi connectivity index (χ2n) is 4.70. The monoisotopic (exact) mass is 394 g/mol. The van der Waals surface area contributed by atoms with Crippen LogP contribution in [0.4, 0.5) is 0 Å². The number of hydrogen-bond donors (Lipinski definition) is 1. The molecule has 0 fully saturated rings. The van der Waals surface area contributed by atoms with Gasteiger partial charge in [-0.2, -0.15) is 0 Å². The van der Waals surface area contributed by atoms with Crippen molar-refractivity contribution in [2.24, 2.45) is 0 Å². The number of para-hydroxylation sites is 1. The highest BCUT2D eigenvalue weighted by Crippen LogP contribution is 2.21. The molecule has 0 unspecified atom stereocenters. The molecule has 118 valence electrons. The number of hydrogen-bond acceptors (Lipinski definition) is 4. The lowest BCUT2D eigenvalue weighted by Gasteiger charge is -2.05. The Balaban J connectivity index is 2.20. The summed E-state index contributed by atoms with van der Waals surface area (Å²) in [6.45, 7) is 0. The van der Waals surface area contributed by atoms with Crippen molar-refractivity contribution in [3.63, 3.8) is 0 Å². The molecule has 3 aromatic rings. The average molecular weight is 395 g/mol. The normalized spacial score (nSPS) is 11.5. The van der Waals surface area contributed by atoms with Gasteiger partial charge in [0.1, 0.15) is 0 Å². The lowest BCUT2D eigenvalue weighted by molar-refractivity contribution is 0.443. The van der Waals surface area contributed by atoms with Crippen LogP contribution in [-0.4, -0.2) is 22.1 Å². The van der Waals surface area contributed by atoms with Gasteiger partial charge in [0.15, 0.2) is 0 Å². The van der Waals surface area contributed by atoms with Crippen LogP contribution in [0.5, 0.6) is 5.88 Å². The molecule has 3 rings (SSSR count). The van der Waals surface area contributed by atoms with Gasteiger partial charge < -0.3 is 5.11 Å². The molecule has 0 aliphatic rings. The highest BCUT2D eigenvalue weighted by molar-refractivity contribution is 9.10. The molecular weight excluding hydrogens is 384 g/mol. The lowest BCUT2D eigenvalue weighted by atomic mass is 10.3. The molecule has 1 N–H and O–H groups in total. The molecule has 0 aliphatic carbocycles. The van der Waals surface area contributed by atoms with E-state index in [-0.39, 0.29) is 4.90 Å². The molecule has 6 nitrogen and oxygen atoms in total. The van der Waals surface area contributed by atoms with Gasteiger partial charge in [0.05, 0.1) is 16.8 Å². The molecule has 23 heavy (non-hydrogen) atoms. The molecular formula is C15H11BrN2O4S. The molecule has 0 saturated heterocycles. The third kappa shape index (κ3) is 2.71. The van der Waals surface area contributed by atoms with Crippen LogP contribution in [0, 0.1) is 0 Å². The van der Waals surface area contributed by atoms with E-state index in [0.717, 1.165) is 10.8 Å². The maximum absolute atomic E-state index is 12.6. The van der Waals surface area contributed by atoms with E-state index in [1.807, 2.05) is 0 Å². The Morgan fingerprint density at radius 1 is 0.957 bits per heavy atom. The molecule has 8 heteroatoms. The van der Waals surface area contributed by atoms with Gasteiger partial charge in [-0.25, -0.2) is 13.2 Å². The van der Waals surface area contributed by atoms with Gasteiger partial charge >= 0.3 is 5.69 Å². The lowest BCUT2D eigenvalue weighted by Crippen LogP contribution is -2.28. The largest absolute Gasteiger partial charge is 0.493 e. The Labute approximate surface area is 140 Å². The van der Waals surface area contributed by atoms with Crippen LogP contribution in [0.1, 0.15) is 0 Å². The third-order valence-corrected chi connectivity index (χ3v) is 5.44. The van der Waals surface area contributed by atoms with Gasteiger partial charge in [0.25, 0.3) is 10.0 Å². The first-order valence-electron chi connectivity index (χ1n) is 6.51. The zero-order valence-electron chi connectivity index (χ0n) is 11.6. The Bertz CT molecular complexity index is 1010. The van der Waals surface area contributed by atoms with Gasteiger partial charge in [-0.05, 0) is 36.4 Å². The van der Waals surface area contributed by atoms with Crippen LogP contribution in [-0.2, 0) is 10.0 Å². The molecule has 0 amide bonds. The number of rotatable bonds is 3. The first-order chi connectivity index (χ1) is 10.9. The number of benzene rings is 2. The second-order valence-corrected chi connectivity index (χ2v) is 7.40. The summed E-state index contributed by atoms with van der Waals surface area (Å²) in [7, 11) is -4.19. The predicted molar refractivity (Wildman–Crippen MR) is 88.4 cm³/mol. The summed E-state index contributed by atoms with van der Waals surface area (Å²) in [5.41, 5.74) is -0.408. The highest BCUT2D eigenvalue weighted by Gasteiger charge is 2.25. The molecule has 1 aromatic heterocycles. The van der Waals surface area contributed by atoms with E-state index in [1.165, 1.54) is 12.1 Å². The minimum Gasteiger partial charge on any atom is -0.493 e. The minimum atomic E-state index is -4.19. The van der Waals surface area contributed by atoms with Gasteiger partial charge in [0, 0.05) is 4.47 Å². The van der Waals surface area contributed by atoms with Crippen molar-refractivity contribution in [1.82, 2.24) is 8.54 Å².